The summed E-state index contributed by atoms with van der Waals surface area (Å²) in [7, 11) is 0. The van der Waals surface area contributed by atoms with Gasteiger partial charge in [0.15, 0.2) is 0 Å². The maximum atomic E-state index is 12.9. The zero-order valence-electron chi connectivity index (χ0n) is 17.0. The first-order valence-corrected chi connectivity index (χ1v) is 10.2. The number of benzene rings is 2. The summed E-state index contributed by atoms with van der Waals surface area (Å²) in [4.78, 5) is 28.3. The highest BCUT2D eigenvalue weighted by atomic mass is 19.4. The third-order valence-electron chi connectivity index (χ3n) is 5.70. The Balaban J connectivity index is 1.35. The summed E-state index contributed by atoms with van der Waals surface area (Å²) in [5.74, 6) is -0.312. The molecule has 2 heterocycles. The fraction of sp³-hybridized carbons (Fsp3) is 0.318. The number of amides is 1. The van der Waals surface area contributed by atoms with Crippen LogP contribution in [0.1, 0.15) is 34.3 Å². The molecule has 1 aromatic heterocycles. The number of halogens is 3. The van der Waals surface area contributed by atoms with Gasteiger partial charge in [0.05, 0.1) is 16.1 Å². The second kappa shape index (κ2) is 8.62. The van der Waals surface area contributed by atoms with E-state index in [-0.39, 0.29) is 17.6 Å². The number of hydrogen-bond acceptors (Lipinski definition) is 4. The number of piperidine rings is 1. The van der Waals surface area contributed by atoms with Gasteiger partial charge in [-0.1, -0.05) is 18.2 Å². The van der Waals surface area contributed by atoms with Gasteiger partial charge in [0.1, 0.15) is 0 Å². The number of non-ortho nitro benzene ring substituents is 1. The maximum Gasteiger partial charge on any atom is 0.416 e. The average Bonchev–Trinajstić information content (AvgIpc) is 3.18. The van der Waals surface area contributed by atoms with Gasteiger partial charge < -0.3 is 10.3 Å². The number of fused-ring (bicyclic) bond motifs is 1. The lowest BCUT2D eigenvalue weighted by Gasteiger charge is -2.32. The quantitative estimate of drug-likeness (QED) is 0.446. The van der Waals surface area contributed by atoms with E-state index in [1.54, 1.807) is 12.1 Å². The van der Waals surface area contributed by atoms with E-state index < -0.39 is 16.7 Å². The lowest BCUT2D eigenvalue weighted by atomic mass is 10.0. The number of nitrogens with one attached hydrogen (secondary N) is 2. The highest BCUT2D eigenvalue weighted by Gasteiger charge is 2.30. The van der Waals surface area contributed by atoms with Crippen molar-refractivity contribution in [2.45, 2.75) is 31.6 Å². The van der Waals surface area contributed by atoms with Gasteiger partial charge in [-0.05, 0) is 30.5 Å². The van der Waals surface area contributed by atoms with Crippen molar-refractivity contribution in [2.75, 3.05) is 13.1 Å². The van der Waals surface area contributed by atoms with Gasteiger partial charge in [-0.2, -0.15) is 13.2 Å². The van der Waals surface area contributed by atoms with Crippen molar-refractivity contribution in [1.29, 1.82) is 0 Å². The number of H-pyrrole nitrogens is 1. The minimum atomic E-state index is -4.36. The smallest absolute Gasteiger partial charge is 0.360 e. The van der Waals surface area contributed by atoms with Crippen LogP contribution in [0.3, 0.4) is 0 Å². The topological polar surface area (TPSA) is 91.3 Å². The van der Waals surface area contributed by atoms with E-state index in [1.807, 2.05) is 0 Å². The Labute approximate surface area is 181 Å². The molecule has 32 heavy (non-hydrogen) atoms. The molecule has 4 rings (SSSR count). The zero-order valence-corrected chi connectivity index (χ0v) is 17.0. The van der Waals surface area contributed by atoms with Gasteiger partial charge in [0.25, 0.3) is 11.6 Å². The van der Waals surface area contributed by atoms with E-state index in [4.69, 9.17) is 0 Å². The molecule has 1 aliphatic heterocycles. The van der Waals surface area contributed by atoms with Crippen LogP contribution < -0.4 is 5.32 Å². The molecular weight excluding hydrogens is 425 g/mol. The fourth-order valence-electron chi connectivity index (χ4n) is 4.01. The third kappa shape index (κ3) is 4.75. The first-order chi connectivity index (χ1) is 15.2. The molecule has 0 unspecified atom stereocenters. The van der Waals surface area contributed by atoms with Gasteiger partial charge in [0.2, 0.25) is 0 Å². The van der Waals surface area contributed by atoms with Gasteiger partial charge >= 0.3 is 6.18 Å². The van der Waals surface area contributed by atoms with E-state index in [0.717, 1.165) is 6.07 Å². The molecule has 2 aromatic carbocycles. The van der Waals surface area contributed by atoms with Crippen LogP contribution in [0.4, 0.5) is 18.9 Å². The number of carbonyl (C=O) groups excluding carboxylic acids is 1. The molecule has 0 saturated carbocycles. The molecule has 0 aliphatic carbocycles. The number of nitrogens with zero attached hydrogens (tertiary/aromatic N) is 2. The molecular formula is C22H21F3N4O3. The van der Waals surface area contributed by atoms with E-state index in [9.17, 15) is 28.1 Å². The number of alkyl halides is 3. The predicted octanol–water partition coefficient (Wildman–Crippen LogP) is 4.49. The second-order valence-corrected chi connectivity index (χ2v) is 7.91. The van der Waals surface area contributed by atoms with Crippen molar-refractivity contribution in [2.24, 2.45) is 0 Å². The molecule has 1 saturated heterocycles. The van der Waals surface area contributed by atoms with Crippen molar-refractivity contribution in [3.63, 3.8) is 0 Å². The summed E-state index contributed by atoms with van der Waals surface area (Å²) < 4.78 is 38.7. The molecule has 1 amide bonds. The molecule has 7 nitrogen and oxygen atoms in total. The number of likely N-dealkylation sites (tertiary alicyclic amines) is 1. The molecule has 0 atom stereocenters. The Hall–Kier alpha value is -3.40. The van der Waals surface area contributed by atoms with Crippen molar-refractivity contribution in [1.82, 2.24) is 15.2 Å². The number of nitro benzene ring substituents is 1. The lowest BCUT2D eigenvalue weighted by Crippen LogP contribution is -2.44. The Morgan fingerprint density at radius 3 is 2.62 bits per heavy atom. The van der Waals surface area contributed by atoms with Crippen LogP contribution in [0, 0.1) is 10.1 Å². The van der Waals surface area contributed by atoms with E-state index in [2.05, 4.69) is 15.2 Å². The van der Waals surface area contributed by atoms with E-state index >= 15 is 0 Å². The van der Waals surface area contributed by atoms with E-state index in [0.29, 0.717) is 54.5 Å². The SMILES string of the molecule is O=C(NC1CCN(Cc2cccc(C(F)(F)F)c2)CC1)c1c[nH]c2ccc([N+](=O)[O-])cc12. The molecule has 10 heteroatoms. The number of aromatic nitrogens is 1. The van der Waals surface area contributed by atoms with Gasteiger partial charge in [-0.25, -0.2) is 0 Å². The Morgan fingerprint density at radius 1 is 1.19 bits per heavy atom. The highest BCUT2D eigenvalue weighted by molar-refractivity contribution is 6.07. The van der Waals surface area contributed by atoms with Crippen molar-refractivity contribution >= 4 is 22.5 Å². The second-order valence-electron chi connectivity index (χ2n) is 7.91. The van der Waals surface area contributed by atoms with Crippen LogP contribution in [0.5, 0.6) is 0 Å². The largest absolute Gasteiger partial charge is 0.416 e. The van der Waals surface area contributed by atoms with Gasteiger partial charge in [-0.15, -0.1) is 0 Å². The fourth-order valence-corrected chi connectivity index (χ4v) is 4.01. The molecule has 1 fully saturated rings. The van der Waals surface area contributed by atoms with Crippen molar-refractivity contribution in [3.8, 4) is 0 Å². The van der Waals surface area contributed by atoms with Crippen LogP contribution in [-0.2, 0) is 12.7 Å². The van der Waals surface area contributed by atoms with Crippen LogP contribution in [0.25, 0.3) is 10.9 Å². The standard InChI is InChI=1S/C22H21F3N4O3/c23-22(24,25)15-3-1-2-14(10-15)13-28-8-6-16(7-9-28)27-21(30)19-12-26-20-5-4-17(29(31)32)11-18(19)20/h1-5,10-12,16,26H,6-9,13H2,(H,27,30). The van der Waals surface area contributed by atoms with Gasteiger partial charge in [-0.3, -0.25) is 19.8 Å². The average molecular weight is 446 g/mol. The highest BCUT2D eigenvalue weighted by Crippen LogP contribution is 2.30. The normalized spacial score (nSPS) is 15.7. The monoisotopic (exact) mass is 446 g/mol. The number of carbonyl (C=O) groups is 1. The number of aromatic amines is 1. The van der Waals surface area contributed by atoms with Crippen LogP contribution in [-0.4, -0.2) is 39.8 Å². The van der Waals surface area contributed by atoms with Gasteiger partial charge in [0, 0.05) is 54.9 Å². The molecule has 2 N–H and O–H groups in total. The zero-order chi connectivity index (χ0) is 22.9. The summed E-state index contributed by atoms with van der Waals surface area (Å²) in [6.45, 7) is 1.69. The summed E-state index contributed by atoms with van der Waals surface area (Å²) in [5, 5.41) is 14.5. The molecule has 0 bridgehead atoms. The third-order valence-corrected chi connectivity index (χ3v) is 5.70. The molecule has 0 spiro atoms. The number of rotatable bonds is 5. The Kier molecular flexibility index (Phi) is 5.88. The summed E-state index contributed by atoms with van der Waals surface area (Å²) in [6.07, 6.45) is -1.51. The summed E-state index contributed by atoms with van der Waals surface area (Å²) in [6, 6.07) is 9.56. The molecule has 0 radical (unpaired) electrons. The molecule has 3 aromatic rings. The van der Waals surface area contributed by atoms with Crippen molar-refractivity contribution < 1.29 is 22.9 Å². The van der Waals surface area contributed by atoms with Crippen LogP contribution >= 0.6 is 0 Å². The lowest BCUT2D eigenvalue weighted by molar-refractivity contribution is -0.384. The summed E-state index contributed by atoms with van der Waals surface area (Å²) >= 11 is 0. The Bertz CT molecular complexity index is 1150. The minimum absolute atomic E-state index is 0.0797. The first-order valence-electron chi connectivity index (χ1n) is 10.2. The Morgan fingerprint density at radius 2 is 1.94 bits per heavy atom. The van der Waals surface area contributed by atoms with E-state index in [1.165, 1.54) is 30.5 Å². The van der Waals surface area contributed by atoms with Crippen LogP contribution in [0.15, 0.2) is 48.7 Å². The first kappa shape index (κ1) is 21.8. The predicted molar refractivity (Wildman–Crippen MR) is 112 cm³/mol. The van der Waals surface area contributed by atoms with Crippen LogP contribution in [0.2, 0.25) is 0 Å². The number of nitro groups is 1. The van der Waals surface area contributed by atoms with Crippen molar-refractivity contribution in [3.05, 3.63) is 75.5 Å². The number of hydrogen-bond donors (Lipinski definition) is 2. The minimum Gasteiger partial charge on any atom is -0.360 e. The summed E-state index contributed by atoms with van der Waals surface area (Å²) in [5.41, 5.74) is 0.833. The molecule has 1 aliphatic rings. The maximum absolute atomic E-state index is 12.9. The molecule has 168 valence electrons.